The predicted octanol–water partition coefficient (Wildman–Crippen LogP) is 6.24. The lowest BCUT2D eigenvalue weighted by Gasteiger charge is -2.50. The van der Waals surface area contributed by atoms with Crippen LogP contribution in [-0.4, -0.2) is 39.7 Å². The van der Waals surface area contributed by atoms with Gasteiger partial charge in [0.1, 0.15) is 48.0 Å². The van der Waals surface area contributed by atoms with Crippen LogP contribution in [0.3, 0.4) is 0 Å². The van der Waals surface area contributed by atoms with E-state index in [1.54, 1.807) is 0 Å². The smallest absolute Gasteiger partial charge is 0.356 e. The summed E-state index contributed by atoms with van der Waals surface area (Å²) in [6.45, 7) is 14.6. The number of rotatable bonds is 14. The summed E-state index contributed by atoms with van der Waals surface area (Å²) in [5.74, 6) is -7.95. The second-order valence-electron chi connectivity index (χ2n) is 12.7. The van der Waals surface area contributed by atoms with Crippen LogP contribution >= 0.6 is 8.25 Å². The van der Waals surface area contributed by atoms with Crippen molar-refractivity contribution < 1.29 is 32.6 Å². The van der Waals surface area contributed by atoms with Gasteiger partial charge in [0.2, 0.25) is 0 Å². The van der Waals surface area contributed by atoms with Gasteiger partial charge in [0.15, 0.2) is 0 Å². The van der Waals surface area contributed by atoms with Gasteiger partial charge in [-0.1, -0.05) is 88.7 Å². The molecule has 0 aliphatic carbocycles. The summed E-state index contributed by atoms with van der Waals surface area (Å²) in [5, 5.41) is 34.3. The summed E-state index contributed by atoms with van der Waals surface area (Å²) < 4.78 is 57.9. The Kier molecular flexibility index (Phi) is 10.2. The molecule has 0 radical (unpaired) electrons. The van der Waals surface area contributed by atoms with Crippen molar-refractivity contribution in [3.8, 4) is 0 Å². The van der Waals surface area contributed by atoms with E-state index >= 15 is 0 Å². The van der Waals surface area contributed by atoms with Gasteiger partial charge in [-0.3, -0.25) is 0 Å². The molecule has 0 saturated carbocycles. The van der Waals surface area contributed by atoms with Crippen molar-refractivity contribution in [2.75, 3.05) is 0 Å². The average molecular weight is 660 g/mol. The largest absolute Gasteiger partial charge is 0.704 e. The number of benzene rings is 2. The quantitative estimate of drug-likeness (QED) is 0.119. The first kappa shape index (κ1) is 35.4. The minimum atomic E-state index is -3.46. The maximum absolute atomic E-state index is 14.4. The standard InChI is InChI=1S/C32H42F2N6O5P/c1-21(2)29(22(3)4,39-19-35-17-37-39)31(41,25-9-13-27(33)14-10-25)44-46(43)45-32(42,26-11-15-28(34)16-12-26)30(23(5)6,24(7)8)40-20-36-18-38-40/h9-24,41-42H,1-8H3/q+1. The minimum absolute atomic E-state index is 0.0549. The molecule has 0 spiro atoms. The highest BCUT2D eigenvalue weighted by atomic mass is 31.1. The fourth-order valence-corrected chi connectivity index (χ4v) is 8.34. The molecular formula is C32H42F2N6O5P+. The molecule has 2 heterocycles. The molecule has 2 atom stereocenters. The van der Waals surface area contributed by atoms with E-state index in [0.717, 1.165) is 24.3 Å². The molecule has 11 nitrogen and oxygen atoms in total. The number of aromatic nitrogens is 6. The molecule has 2 aromatic carbocycles. The molecule has 46 heavy (non-hydrogen) atoms. The topological polar surface area (TPSA) is 137 Å². The normalized spacial score (nSPS) is 15.9. The Labute approximate surface area is 268 Å². The average Bonchev–Trinajstić information content (AvgIpc) is 3.69. The van der Waals surface area contributed by atoms with E-state index in [2.05, 4.69) is 20.2 Å². The number of hydrogen-bond acceptors (Lipinski definition) is 9. The van der Waals surface area contributed by atoms with E-state index in [-0.39, 0.29) is 11.1 Å². The summed E-state index contributed by atoms with van der Waals surface area (Å²) in [4.78, 5) is 8.19. The Morgan fingerprint density at radius 3 is 1.17 bits per heavy atom. The highest BCUT2D eigenvalue weighted by molar-refractivity contribution is 7.33. The molecule has 0 aliphatic heterocycles. The van der Waals surface area contributed by atoms with Gasteiger partial charge in [-0.15, -0.1) is 0 Å². The zero-order valence-electron chi connectivity index (χ0n) is 27.2. The minimum Gasteiger partial charge on any atom is -0.356 e. The van der Waals surface area contributed by atoms with Crippen molar-refractivity contribution in [2.24, 2.45) is 23.7 Å². The molecule has 0 amide bonds. The molecule has 2 unspecified atom stereocenters. The van der Waals surface area contributed by atoms with Gasteiger partial charge < -0.3 is 10.2 Å². The third-order valence-electron chi connectivity index (χ3n) is 9.09. The Hall–Kier alpha value is -3.48. The fourth-order valence-electron chi connectivity index (χ4n) is 7.37. The first-order chi connectivity index (χ1) is 21.6. The van der Waals surface area contributed by atoms with Crippen LogP contribution in [0, 0.1) is 35.3 Å². The summed E-state index contributed by atoms with van der Waals surface area (Å²) in [5.41, 5.74) is -2.88. The molecule has 0 saturated heterocycles. The summed E-state index contributed by atoms with van der Waals surface area (Å²) >= 11 is 0. The zero-order chi connectivity index (χ0) is 34.1. The molecule has 2 aromatic heterocycles. The summed E-state index contributed by atoms with van der Waals surface area (Å²) in [6, 6.07) is 9.87. The van der Waals surface area contributed by atoms with Crippen molar-refractivity contribution >= 4 is 8.25 Å². The Bertz CT molecular complexity index is 1450. The lowest BCUT2D eigenvalue weighted by atomic mass is 9.68. The first-order valence-electron chi connectivity index (χ1n) is 15.1. The SMILES string of the molecule is CC(C)C(C(C)C)(n1cncn1)C(O)(O[P+](=O)OC(O)(c1ccc(F)cc1)C(C(C)C)(C(C)C)n1cncn1)c1ccc(F)cc1. The molecule has 0 bridgehead atoms. The van der Waals surface area contributed by atoms with Crippen molar-refractivity contribution in [1.82, 2.24) is 29.5 Å². The predicted molar refractivity (Wildman–Crippen MR) is 166 cm³/mol. The highest BCUT2D eigenvalue weighted by Crippen LogP contribution is 2.58. The van der Waals surface area contributed by atoms with E-state index in [1.807, 2.05) is 55.4 Å². The van der Waals surface area contributed by atoms with Crippen LogP contribution in [0.4, 0.5) is 8.78 Å². The first-order valence-corrected chi connectivity index (χ1v) is 16.2. The van der Waals surface area contributed by atoms with Gasteiger partial charge in [-0.05, 0) is 47.9 Å². The second kappa shape index (κ2) is 13.3. The van der Waals surface area contributed by atoms with Crippen molar-refractivity contribution in [3.05, 3.63) is 96.6 Å². The van der Waals surface area contributed by atoms with Crippen molar-refractivity contribution in [2.45, 2.75) is 78.0 Å². The summed E-state index contributed by atoms with van der Waals surface area (Å²) in [6.07, 6.45) is 5.42. The maximum Gasteiger partial charge on any atom is 0.704 e. The third kappa shape index (κ3) is 5.58. The molecule has 14 heteroatoms. The fraction of sp³-hybridized carbons (Fsp3) is 0.500. The van der Waals surface area contributed by atoms with Crippen LogP contribution in [0.1, 0.15) is 66.5 Å². The van der Waals surface area contributed by atoms with E-state index in [1.165, 1.54) is 58.9 Å². The lowest BCUT2D eigenvalue weighted by molar-refractivity contribution is -0.283. The highest BCUT2D eigenvalue weighted by Gasteiger charge is 2.68. The molecule has 248 valence electrons. The molecule has 0 aliphatic rings. The van der Waals surface area contributed by atoms with Gasteiger partial charge >= 0.3 is 8.25 Å². The number of nitrogens with zero attached hydrogens (tertiary/aromatic N) is 6. The molecule has 4 aromatic rings. The van der Waals surface area contributed by atoms with Gasteiger partial charge in [0.25, 0.3) is 11.6 Å². The molecular weight excluding hydrogens is 617 g/mol. The molecule has 0 fully saturated rings. The van der Waals surface area contributed by atoms with Crippen molar-refractivity contribution in [3.63, 3.8) is 0 Å². The number of halogens is 2. The van der Waals surface area contributed by atoms with Crippen molar-refractivity contribution in [1.29, 1.82) is 0 Å². The maximum atomic E-state index is 14.4. The molecule has 4 rings (SSSR count). The Morgan fingerprint density at radius 1 is 0.630 bits per heavy atom. The van der Waals surface area contributed by atoms with E-state index in [0.29, 0.717) is 0 Å². The van der Waals surface area contributed by atoms with Gasteiger partial charge in [0, 0.05) is 15.7 Å². The van der Waals surface area contributed by atoms with E-state index in [4.69, 9.17) is 9.05 Å². The van der Waals surface area contributed by atoms with Crippen LogP contribution in [0.15, 0.2) is 73.8 Å². The Morgan fingerprint density at radius 2 is 0.935 bits per heavy atom. The van der Waals surface area contributed by atoms with Crippen LogP contribution in [0.5, 0.6) is 0 Å². The van der Waals surface area contributed by atoms with Gasteiger partial charge in [-0.2, -0.15) is 10.2 Å². The van der Waals surface area contributed by atoms with Crippen LogP contribution < -0.4 is 0 Å². The number of aliphatic hydroxyl groups is 2. The third-order valence-corrected chi connectivity index (χ3v) is 9.91. The molecule has 2 N–H and O–H groups in total. The zero-order valence-corrected chi connectivity index (χ0v) is 28.1. The van der Waals surface area contributed by atoms with Crippen LogP contribution in [-0.2, 0) is 36.3 Å². The van der Waals surface area contributed by atoms with Crippen LogP contribution in [0.25, 0.3) is 0 Å². The monoisotopic (exact) mass is 659 g/mol. The van der Waals surface area contributed by atoms with E-state index < -0.39 is 66.2 Å². The van der Waals surface area contributed by atoms with Gasteiger partial charge in [-0.25, -0.2) is 28.1 Å². The second-order valence-corrected chi connectivity index (χ2v) is 13.5. The Balaban J connectivity index is 1.97. The number of hydrogen-bond donors (Lipinski definition) is 2. The lowest BCUT2D eigenvalue weighted by Crippen LogP contribution is -2.62. The van der Waals surface area contributed by atoms with Crippen LogP contribution in [0.2, 0.25) is 0 Å². The van der Waals surface area contributed by atoms with Gasteiger partial charge in [0.05, 0.1) is 0 Å². The summed E-state index contributed by atoms with van der Waals surface area (Å²) in [7, 11) is -3.46. The van der Waals surface area contributed by atoms with E-state index in [9.17, 15) is 23.6 Å².